The first-order valence-electron chi connectivity index (χ1n) is 5.18. The maximum absolute atomic E-state index is 11.8. The summed E-state index contributed by atoms with van der Waals surface area (Å²) in [6.07, 6.45) is -2.11. The molecule has 0 spiro atoms. The van der Waals surface area contributed by atoms with E-state index in [1.54, 1.807) is 0 Å². The average Bonchev–Trinajstić information content (AvgIpc) is 2.12. The number of rotatable bonds is 6. The van der Waals surface area contributed by atoms with E-state index >= 15 is 0 Å². The van der Waals surface area contributed by atoms with Gasteiger partial charge in [0.25, 0.3) is 0 Å². The lowest BCUT2D eigenvalue weighted by Gasteiger charge is -2.04. The predicted molar refractivity (Wildman–Crippen MR) is 53.6 cm³/mol. The number of carbonyl (C=O) groups excluding carboxylic acids is 1. The predicted octanol–water partition coefficient (Wildman–Crippen LogP) is 4.03. The first-order valence-corrected chi connectivity index (χ1v) is 5.18. The standard InChI is InChI=1S/C11H17F3O/c1-3-9(4-2)8-10(15)6-5-7-11(12,13)14/h8H,3-7H2,1-2H3. The van der Waals surface area contributed by atoms with Crippen LogP contribution in [0.4, 0.5) is 13.2 Å². The molecule has 0 aliphatic heterocycles. The maximum atomic E-state index is 11.8. The number of alkyl halides is 3. The molecule has 0 N–H and O–H groups in total. The molecular weight excluding hydrogens is 205 g/mol. The van der Waals surface area contributed by atoms with Crippen LogP contribution in [0.15, 0.2) is 11.6 Å². The highest BCUT2D eigenvalue weighted by molar-refractivity contribution is 5.90. The van der Waals surface area contributed by atoms with Crippen molar-refractivity contribution >= 4 is 5.78 Å². The highest BCUT2D eigenvalue weighted by Gasteiger charge is 2.26. The van der Waals surface area contributed by atoms with Crippen LogP contribution in [0.1, 0.15) is 46.0 Å². The number of allylic oxidation sites excluding steroid dienone is 2. The minimum atomic E-state index is -4.15. The third kappa shape index (κ3) is 8.21. The van der Waals surface area contributed by atoms with E-state index in [1.165, 1.54) is 6.08 Å². The van der Waals surface area contributed by atoms with Gasteiger partial charge in [-0.3, -0.25) is 4.79 Å². The number of hydrogen-bond donors (Lipinski definition) is 0. The lowest BCUT2D eigenvalue weighted by molar-refractivity contribution is -0.136. The van der Waals surface area contributed by atoms with Crippen LogP contribution in [0.25, 0.3) is 0 Å². The number of carbonyl (C=O) groups is 1. The topological polar surface area (TPSA) is 17.1 Å². The SMILES string of the molecule is CCC(=CC(=O)CCCC(F)(F)F)CC. The van der Waals surface area contributed by atoms with E-state index in [1.807, 2.05) is 13.8 Å². The van der Waals surface area contributed by atoms with Gasteiger partial charge in [-0.2, -0.15) is 13.2 Å². The summed E-state index contributed by atoms with van der Waals surface area (Å²) in [5.41, 5.74) is 0.993. The van der Waals surface area contributed by atoms with E-state index in [9.17, 15) is 18.0 Å². The van der Waals surface area contributed by atoms with Crippen LogP contribution >= 0.6 is 0 Å². The molecule has 0 bridgehead atoms. The monoisotopic (exact) mass is 222 g/mol. The number of hydrogen-bond acceptors (Lipinski definition) is 1. The van der Waals surface area contributed by atoms with E-state index < -0.39 is 12.6 Å². The van der Waals surface area contributed by atoms with Crippen molar-refractivity contribution in [3.05, 3.63) is 11.6 Å². The molecule has 0 amide bonds. The Bertz CT molecular complexity index is 222. The summed E-state index contributed by atoms with van der Waals surface area (Å²) in [4.78, 5) is 11.2. The third-order valence-corrected chi connectivity index (χ3v) is 2.16. The Morgan fingerprint density at radius 1 is 1.20 bits per heavy atom. The van der Waals surface area contributed by atoms with Crippen molar-refractivity contribution in [1.82, 2.24) is 0 Å². The molecule has 0 saturated carbocycles. The molecule has 0 aliphatic carbocycles. The first-order chi connectivity index (χ1) is 6.89. The van der Waals surface area contributed by atoms with Crippen molar-refractivity contribution in [3.63, 3.8) is 0 Å². The molecule has 0 rings (SSSR count). The molecule has 0 atom stereocenters. The van der Waals surface area contributed by atoms with Crippen LogP contribution in [0.5, 0.6) is 0 Å². The summed E-state index contributed by atoms with van der Waals surface area (Å²) in [6.45, 7) is 3.86. The average molecular weight is 222 g/mol. The fraction of sp³-hybridized carbons (Fsp3) is 0.727. The zero-order chi connectivity index (χ0) is 11.9. The van der Waals surface area contributed by atoms with Gasteiger partial charge in [0.2, 0.25) is 0 Å². The zero-order valence-electron chi connectivity index (χ0n) is 9.16. The normalized spacial score (nSPS) is 11.3. The highest BCUT2D eigenvalue weighted by atomic mass is 19.4. The molecule has 0 aromatic rings. The van der Waals surface area contributed by atoms with Gasteiger partial charge in [-0.05, 0) is 25.3 Å². The van der Waals surface area contributed by atoms with Crippen LogP contribution in [-0.2, 0) is 4.79 Å². The molecule has 1 nitrogen and oxygen atoms in total. The second kappa shape index (κ2) is 6.64. The van der Waals surface area contributed by atoms with Gasteiger partial charge in [-0.25, -0.2) is 0 Å². The zero-order valence-corrected chi connectivity index (χ0v) is 9.16. The van der Waals surface area contributed by atoms with Gasteiger partial charge in [-0.1, -0.05) is 19.4 Å². The van der Waals surface area contributed by atoms with Gasteiger partial charge in [0.15, 0.2) is 5.78 Å². The number of halogens is 3. The van der Waals surface area contributed by atoms with Crippen molar-refractivity contribution in [2.45, 2.75) is 52.1 Å². The van der Waals surface area contributed by atoms with Crippen LogP contribution in [0, 0.1) is 0 Å². The summed E-state index contributed by atoms with van der Waals surface area (Å²) in [6, 6.07) is 0. The highest BCUT2D eigenvalue weighted by Crippen LogP contribution is 2.22. The molecule has 0 unspecified atom stereocenters. The molecule has 0 saturated heterocycles. The van der Waals surface area contributed by atoms with Gasteiger partial charge < -0.3 is 0 Å². The molecule has 0 aromatic heterocycles. The summed E-state index contributed by atoms with van der Waals surface area (Å²) < 4.78 is 35.3. The van der Waals surface area contributed by atoms with Gasteiger partial charge in [0, 0.05) is 12.8 Å². The van der Waals surface area contributed by atoms with Crippen LogP contribution in [0.3, 0.4) is 0 Å². The van der Waals surface area contributed by atoms with E-state index in [0.29, 0.717) is 0 Å². The second-order valence-corrected chi connectivity index (χ2v) is 3.44. The molecule has 15 heavy (non-hydrogen) atoms. The lowest BCUT2D eigenvalue weighted by Crippen LogP contribution is -2.07. The Morgan fingerprint density at radius 2 is 1.73 bits per heavy atom. The first kappa shape index (κ1) is 14.2. The van der Waals surface area contributed by atoms with Crippen LogP contribution < -0.4 is 0 Å². The minimum Gasteiger partial charge on any atom is -0.295 e. The van der Waals surface area contributed by atoms with Crippen molar-refractivity contribution in [2.75, 3.05) is 0 Å². The molecule has 88 valence electrons. The van der Waals surface area contributed by atoms with Gasteiger partial charge in [-0.15, -0.1) is 0 Å². The summed E-state index contributed by atoms with van der Waals surface area (Å²) in [5, 5.41) is 0. The molecular formula is C11H17F3O. The molecule has 0 heterocycles. The van der Waals surface area contributed by atoms with E-state index in [0.717, 1.165) is 18.4 Å². The number of ketones is 1. The largest absolute Gasteiger partial charge is 0.389 e. The van der Waals surface area contributed by atoms with Crippen molar-refractivity contribution in [2.24, 2.45) is 0 Å². The smallest absolute Gasteiger partial charge is 0.295 e. The fourth-order valence-corrected chi connectivity index (χ4v) is 1.22. The molecule has 0 radical (unpaired) electrons. The minimum absolute atomic E-state index is 0.0109. The van der Waals surface area contributed by atoms with E-state index in [-0.39, 0.29) is 18.6 Å². The van der Waals surface area contributed by atoms with Crippen molar-refractivity contribution in [1.29, 1.82) is 0 Å². The van der Waals surface area contributed by atoms with E-state index in [4.69, 9.17) is 0 Å². The van der Waals surface area contributed by atoms with E-state index in [2.05, 4.69) is 0 Å². The summed E-state index contributed by atoms with van der Waals surface area (Å²) in [7, 11) is 0. The Labute approximate surface area is 88.4 Å². The summed E-state index contributed by atoms with van der Waals surface area (Å²) >= 11 is 0. The van der Waals surface area contributed by atoms with Crippen molar-refractivity contribution in [3.8, 4) is 0 Å². The fourth-order valence-electron chi connectivity index (χ4n) is 1.22. The van der Waals surface area contributed by atoms with Gasteiger partial charge in [0.1, 0.15) is 0 Å². The second-order valence-electron chi connectivity index (χ2n) is 3.44. The molecule has 0 aliphatic rings. The third-order valence-electron chi connectivity index (χ3n) is 2.16. The Morgan fingerprint density at radius 3 is 2.13 bits per heavy atom. The summed E-state index contributed by atoms with van der Waals surface area (Å²) in [5.74, 6) is -0.196. The van der Waals surface area contributed by atoms with Gasteiger partial charge >= 0.3 is 6.18 Å². The maximum Gasteiger partial charge on any atom is 0.389 e. The molecule has 0 aromatic carbocycles. The Hall–Kier alpha value is -0.800. The lowest BCUT2D eigenvalue weighted by atomic mass is 10.1. The quantitative estimate of drug-likeness (QED) is 0.620. The molecule has 0 fully saturated rings. The molecule has 4 heteroatoms. The van der Waals surface area contributed by atoms with Crippen LogP contribution in [0.2, 0.25) is 0 Å². The van der Waals surface area contributed by atoms with Crippen LogP contribution in [-0.4, -0.2) is 12.0 Å². The Kier molecular flexibility index (Phi) is 6.29. The van der Waals surface area contributed by atoms with Crippen molar-refractivity contribution < 1.29 is 18.0 Å². The van der Waals surface area contributed by atoms with Gasteiger partial charge in [0.05, 0.1) is 0 Å². The Balaban J connectivity index is 3.90.